The third-order valence-electron chi connectivity index (χ3n) is 4.25. The molecule has 1 aliphatic rings. The van der Waals surface area contributed by atoms with Gasteiger partial charge in [-0.25, -0.2) is 4.79 Å². The maximum Gasteiger partial charge on any atom is 0.410 e. The predicted octanol–water partition coefficient (Wildman–Crippen LogP) is 1.74. The number of rotatable bonds is 7. The van der Waals surface area contributed by atoms with Crippen LogP contribution in [0, 0.1) is 0 Å². The van der Waals surface area contributed by atoms with Crippen molar-refractivity contribution in [2.45, 2.75) is 19.1 Å². The second-order valence-corrected chi connectivity index (χ2v) is 5.95. The number of aromatic nitrogens is 1. The number of nitrogens with one attached hydrogen (secondary N) is 1. The van der Waals surface area contributed by atoms with Crippen molar-refractivity contribution in [1.29, 1.82) is 0 Å². The van der Waals surface area contributed by atoms with E-state index in [1.54, 1.807) is 38.6 Å². The minimum absolute atomic E-state index is 0.0141. The van der Waals surface area contributed by atoms with Crippen molar-refractivity contribution >= 4 is 12.0 Å². The van der Waals surface area contributed by atoms with Crippen LogP contribution in [0.25, 0.3) is 0 Å². The zero-order valence-corrected chi connectivity index (χ0v) is 15.2. The monoisotopic (exact) mass is 371 g/mol. The number of amides is 2. The molecule has 142 valence electrons. The molecule has 27 heavy (non-hydrogen) atoms. The molecule has 0 aliphatic carbocycles. The quantitative estimate of drug-likeness (QED) is 0.797. The Morgan fingerprint density at radius 1 is 1.26 bits per heavy atom. The van der Waals surface area contributed by atoms with Gasteiger partial charge >= 0.3 is 6.09 Å². The summed E-state index contributed by atoms with van der Waals surface area (Å²) in [5.74, 6) is 0.862. The lowest BCUT2D eigenvalue weighted by Gasteiger charge is -2.21. The minimum atomic E-state index is -0.700. The van der Waals surface area contributed by atoms with Crippen LogP contribution in [0.2, 0.25) is 0 Å². The van der Waals surface area contributed by atoms with Crippen molar-refractivity contribution in [2.75, 3.05) is 20.8 Å². The maximum absolute atomic E-state index is 12.5. The Bertz CT molecular complexity index is 812. The highest BCUT2D eigenvalue weighted by Gasteiger charge is 2.38. The first-order valence-corrected chi connectivity index (χ1v) is 8.44. The number of hydrogen-bond acceptors (Lipinski definition) is 6. The first kappa shape index (κ1) is 18.5. The Morgan fingerprint density at radius 2 is 2.07 bits per heavy atom. The molecule has 1 fully saturated rings. The van der Waals surface area contributed by atoms with Crippen molar-refractivity contribution in [3.05, 3.63) is 53.9 Å². The van der Waals surface area contributed by atoms with Crippen LogP contribution in [0.4, 0.5) is 4.79 Å². The first-order chi connectivity index (χ1) is 13.1. The molecule has 2 aromatic rings. The Kier molecular flexibility index (Phi) is 5.75. The standard InChI is InChI=1S/C19H21N3O5/c1-25-16-7-6-13(9-17(16)26-2)11-22-15(12-27-19(22)24)18(23)21-10-14-5-3-4-8-20-14/h3-9,15H,10-12H2,1-2H3,(H,21,23)/t15-/m0/s1. The summed E-state index contributed by atoms with van der Waals surface area (Å²) in [6.45, 7) is 0.523. The van der Waals surface area contributed by atoms with Crippen molar-refractivity contribution in [3.63, 3.8) is 0 Å². The van der Waals surface area contributed by atoms with Crippen LogP contribution in [0.5, 0.6) is 11.5 Å². The van der Waals surface area contributed by atoms with Crippen molar-refractivity contribution in [2.24, 2.45) is 0 Å². The Labute approximate surface area is 157 Å². The van der Waals surface area contributed by atoms with Crippen LogP contribution in [0.15, 0.2) is 42.6 Å². The molecular weight excluding hydrogens is 350 g/mol. The molecule has 2 amide bonds. The van der Waals surface area contributed by atoms with E-state index in [4.69, 9.17) is 14.2 Å². The van der Waals surface area contributed by atoms with Crippen LogP contribution in [-0.2, 0) is 22.6 Å². The number of pyridine rings is 1. The summed E-state index contributed by atoms with van der Waals surface area (Å²) in [6, 6.07) is 10.1. The second-order valence-electron chi connectivity index (χ2n) is 5.95. The molecular formula is C19H21N3O5. The van der Waals surface area contributed by atoms with E-state index >= 15 is 0 Å². The van der Waals surface area contributed by atoms with Crippen molar-refractivity contribution < 1.29 is 23.8 Å². The average Bonchev–Trinajstić information content (AvgIpc) is 3.07. The Balaban J connectivity index is 1.68. The second kappa shape index (κ2) is 8.39. The van der Waals surface area contributed by atoms with Crippen LogP contribution < -0.4 is 14.8 Å². The number of ether oxygens (including phenoxy) is 3. The Morgan fingerprint density at radius 3 is 2.78 bits per heavy atom. The zero-order valence-electron chi connectivity index (χ0n) is 15.2. The third kappa shape index (κ3) is 4.28. The van der Waals surface area contributed by atoms with E-state index in [1.165, 1.54) is 4.90 Å². The molecule has 0 bridgehead atoms. The molecule has 1 saturated heterocycles. The minimum Gasteiger partial charge on any atom is -0.493 e. The summed E-state index contributed by atoms with van der Waals surface area (Å²) in [6.07, 6.45) is 1.13. The molecule has 1 aromatic heterocycles. The van der Waals surface area contributed by atoms with E-state index in [-0.39, 0.29) is 25.6 Å². The van der Waals surface area contributed by atoms with E-state index in [0.717, 1.165) is 11.3 Å². The van der Waals surface area contributed by atoms with Gasteiger partial charge in [0.2, 0.25) is 5.91 Å². The summed E-state index contributed by atoms with van der Waals surface area (Å²) in [5.41, 5.74) is 1.54. The van der Waals surface area contributed by atoms with Gasteiger partial charge in [-0.05, 0) is 29.8 Å². The normalized spacial score (nSPS) is 16.0. The topological polar surface area (TPSA) is 90.0 Å². The molecule has 8 nitrogen and oxygen atoms in total. The van der Waals surface area contributed by atoms with Gasteiger partial charge in [-0.1, -0.05) is 12.1 Å². The van der Waals surface area contributed by atoms with Crippen molar-refractivity contribution in [3.8, 4) is 11.5 Å². The summed E-state index contributed by atoms with van der Waals surface area (Å²) in [5, 5.41) is 2.80. The molecule has 0 radical (unpaired) electrons. The molecule has 1 aromatic carbocycles. The van der Waals surface area contributed by atoms with Crippen LogP contribution in [-0.4, -0.2) is 48.8 Å². The number of methoxy groups -OCH3 is 2. The van der Waals surface area contributed by atoms with Crippen LogP contribution in [0.3, 0.4) is 0 Å². The molecule has 2 heterocycles. The molecule has 0 unspecified atom stereocenters. The largest absolute Gasteiger partial charge is 0.493 e. The van der Waals surface area contributed by atoms with Gasteiger partial charge in [-0.15, -0.1) is 0 Å². The lowest BCUT2D eigenvalue weighted by molar-refractivity contribution is -0.125. The van der Waals surface area contributed by atoms with E-state index in [2.05, 4.69) is 10.3 Å². The number of cyclic esters (lactones) is 1. The third-order valence-corrected chi connectivity index (χ3v) is 4.25. The average molecular weight is 371 g/mol. The fraction of sp³-hybridized carbons (Fsp3) is 0.316. The zero-order chi connectivity index (χ0) is 19.2. The summed E-state index contributed by atoms with van der Waals surface area (Å²) in [7, 11) is 3.09. The van der Waals surface area contributed by atoms with Gasteiger partial charge in [0, 0.05) is 6.20 Å². The lowest BCUT2D eigenvalue weighted by Crippen LogP contribution is -2.45. The number of benzene rings is 1. The van der Waals surface area contributed by atoms with Gasteiger partial charge in [0.15, 0.2) is 11.5 Å². The Hall–Kier alpha value is -3.29. The molecule has 1 atom stereocenters. The summed E-state index contributed by atoms with van der Waals surface area (Å²) in [4.78, 5) is 30.2. The van der Waals surface area contributed by atoms with Gasteiger partial charge in [-0.3, -0.25) is 14.7 Å². The van der Waals surface area contributed by atoms with Gasteiger partial charge < -0.3 is 19.5 Å². The van der Waals surface area contributed by atoms with E-state index in [1.807, 2.05) is 18.2 Å². The smallest absolute Gasteiger partial charge is 0.410 e. The summed E-state index contributed by atoms with van der Waals surface area (Å²) < 4.78 is 15.6. The SMILES string of the molecule is COc1ccc(CN2C(=O)OC[C@H]2C(=O)NCc2ccccn2)cc1OC. The highest BCUT2D eigenvalue weighted by molar-refractivity contribution is 5.87. The van der Waals surface area contributed by atoms with Crippen molar-refractivity contribution in [1.82, 2.24) is 15.2 Å². The molecule has 3 rings (SSSR count). The van der Waals surface area contributed by atoms with Crippen LogP contribution >= 0.6 is 0 Å². The van der Waals surface area contributed by atoms with Gasteiger partial charge in [-0.2, -0.15) is 0 Å². The molecule has 1 N–H and O–H groups in total. The van der Waals surface area contributed by atoms with Crippen LogP contribution in [0.1, 0.15) is 11.3 Å². The highest BCUT2D eigenvalue weighted by Crippen LogP contribution is 2.29. The van der Waals surface area contributed by atoms with E-state index < -0.39 is 12.1 Å². The lowest BCUT2D eigenvalue weighted by atomic mass is 10.1. The molecule has 1 aliphatic heterocycles. The van der Waals surface area contributed by atoms with E-state index in [0.29, 0.717) is 11.5 Å². The molecule has 8 heteroatoms. The number of hydrogen-bond donors (Lipinski definition) is 1. The van der Waals surface area contributed by atoms with E-state index in [9.17, 15) is 9.59 Å². The molecule has 0 saturated carbocycles. The van der Waals surface area contributed by atoms with Gasteiger partial charge in [0.1, 0.15) is 12.6 Å². The van der Waals surface area contributed by atoms with Gasteiger partial charge in [0.05, 0.1) is 33.0 Å². The maximum atomic E-state index is 12.5. The fourth-order valence-electron chi connectivity index (χ4n) is 2.82. The highest BCUT2D eigenvalue weighted by atomic mass is 16.6. The predicted molar refractivity (Wildman–Crippen MR) is 96.3 cm³/mol. The number of carbonyl (C=O) groups is 2. The molecule has 0 spiro atoms. The first-order valence-electron chi connectivity index (χ1n) is 8.44. The number of nitrogens with zero attached hydrogens (tertiary/aromatic N) is 2. The summed E-state index contributed by atoms with van der Waals surface area (Å²) >= 11 is 0. The van der Waals surface area contributed by atoms with Gasteiger partial charge in [0.25, 0.3) is 0 Å². The number of carbonyl (C=O) groups excluding carboxylic acids is 2. The fourth-order valence-corrected chi connectivity index (χ4v) is 2.82.